The largest absolute Gasteiger partial charge is 0.394 e. The molecule has 44 heavy (non-hydrogen) atoms. The third kappa shape index (κ3) is 43.5. The molecule has 4 N–H and O–H groups in total. The van der Waals surface area contributed by atoms with Crippen molar-refractivity contribution in [3.63, 3.8) is 0 Å². The van der Waals surface area contributed by atoms with Gasteiger partial charge in [-0.1, -0.05) is 179 Å². The lowest BCUT2D eigenvalue weighted by atomic mass is 9.91. The fourth-order valence-corrected chi connectivity index (χ4v) is 6.03. The van der Waals surface area contributed by atoms with E-state index in [-0.39, 0.29) is 13.2 Å². The van der Waals surface area contributed by atoms with E-state index < -0.39 is 0 Å². The van der Waals surface area contributed by atoms with Crippen LogP contribution in [0.3, 0.4) is 0 Å². The summed E-state index contributed by atoms with van der Waals surface area (Å²) < 4.78 is 0. The van der Waals surface area contributed by atoms with Crippen molar-refractivity contribution in [3.8, 4) is 0 Å². The van der Waals surface area contributed by atoms with Gasteiger partial charge in [0.15, 0.2) is 0 Å². The van der Waals surface area contributed by atoms with Gasteiger partial charge in [-0.25, -0.2) is 0 Å². The highest BCUT2D eigenvalue weighted by Gasteiger charge is 2.07. The van der Waals surface area contributed by atoms with Crippen LogP contribution in [0.1, 0.15) is 213 Å². The normalized spacial score (nSPS) is 11.7. The number of nitrogens with two attached hydrogens (primary N) is 1. The Labute approximate surface area is 278 Å². The zero-order chi connectivity index (χ0) is 32.4. The third-order valence-electron chi connectivity index (χ3n) is 8.92. The van der Waals surface area contributed by atoms with Crippen molar-refractivity contribution in [1.29, 1.82) is 0 Å². The predicted molar refractivity (Wildman–Crippen MR) is 199 cm³/mol. The summed E-state index contributed by atoms with van der Waals surface area (Å²) in [7, 11) is 0. The molecule has 3 heteroatoms. The van der Waals surface area contributed by atoms with Crippen molar-refractivity contribution in [2.24, 2.45) is 11.7 Å². The first-order chi connectivity index (χ1) is 21.8. The Morgan fingerprint density at radius 3 is 0.932 bits per heavy atom. The van der Waals surface area contributed by atoms with Gasteiger partial charge in [-0.2, -0.15) is 0 Å². The van der Waals surface area contributed by atoms with Crippen LogP contribution in [0.5, 0.6) is 0 Å². The molecule has 3 nitrogen and oxygen atoms in total. The van der Waals surface area contributed by atoms with Crippen LogP contribution in [-0.2, 0) is 0 Å². The Morgan fingerprint density at radius 1 is 0.386 bits per heavy atom. The molecule has 0 aliphatic rings. The van der Waals surface area contributed by atoms with Gasteiger partial charge < -0.3 is 15.9 Å². The summed E-state index contributed by atoms with van der Waals surface area (Å²) in [5.41, 5.74) is 5.94. The van der Waals surface area contributed by atoms with Crippen molar-refractivity contribution in [3.05, 3.63) is 24.3 Å². The number of allylic oxidation sites excluding steroid dienone is 4. The lowest BCUT2D eigenvalue weighted by molar-refractivity contribution is 0.186. The van der Waals surface area contributed by atoms with Crippen LogP contribution in [0.4, 0.5) is 0 Å². The second-order valence-electron chi connectivity index (χ2n) is 13.3. The van der Waals surface area contributed by atoms with Crippen molar-refractivity contribution in [2.75, 3.05) is 19.8 Å². The molecular weight excluding hydrogens is 538 g/mol. The van der Waals surface area contributed by atoms with E-state index in [4.69, 9.17) is 15.9 Å². The van der Waals surface area contributed by atoms with Gasteiger partial charge in [0.05, 0.1) is 13.2 Å². The maximum atomic E-state index is 7.62. The highest BCUT2D eigenvalue weighted by atomic mass is 16.3. The summed E-state index contributed by atoms with van der Waals surface area (Å²) in [6, 6.07) is 0. The Morgan fingerprint density at radius 2 is 0.659 bits per heavy atom. The second-order valence-corrected chi connectivity index (χ2v) is 13.3. The standard InChI is InChI=1S/C39H77N.C2H6O2/c1-3-5-7-9-11-13-15-17-19-21-23-25-27-29-31-33-35-39(37-38-40)36-34-32-30-28-26-24-22-20-18-16-14-12-10-8-6-4-2;3-1-2-4/h17-20,39H,3-16,21-38,40H2,1-2H3;3-4H,1-2H2/b19-17-,20-18-;. The van der Waals surface area contributed by atoms with E-state index in [1.807, 2.05) is 0 Å². The van der Waals surface area contributed by atoms with Gasteiger partial charge in [0.1, 0.15) is 0 Å². The zero-order valence-electron chi connectivity index (χ0n) is 30.4. The molecule has 0 atom stereocenters. The summed E-state index contributed by atoms with van der Waals surface area (Å²) >= 11 is 0. The van der Waals surface area contributed by atoms with Gasteiger partial charge >= 0.3 is 0 Å². The van der Waals surface area contributed by atoms with E-state index in [1.54, 1.807) is 0 Å². The van der Waals surface area contributed by atoms with Crippen LogP contribution < -0.4 is 5.73 Å². The number of aliphatic hydroxyl groups is 2. The molecule has 0 aromatic heterocycles. The molecule has 0 spiro atoms. The molecule has 0 fully saturated rings. The van der Waals surface area contributed by atoms with Gasteiger partial charge in [0.25, 0.3) is 0 Å². The van der Waals surface area contributed by atoms with E-state index >= 15 is 0 Å². The molecular formula is C41H83NO2. The monoisotopic (exact) mass is 622 g/mol. The lowest BCUT2D eigenvalue weighted by Gasteiger charge is -2.16. The number of rotatable bonds is 35. The van der Waals surface area contributed by atoms with Crippen LogP contribution in [0, 0.1) is 5.92 Å². The minimum absolute atomic E-state index is 0.125. The van der Waals surface area contributed by atoms with Crippen molar-refractivity contribution in [2.45, 2.75) is 213 Å². The molecule has 0 aliphatic carbocycles. The molecule has 0 amide bonds. The third-order valence-corrected chi connectivity index (χ3v) is 8.92. The van der Waals surface area contributed by atoms with Gasteiger partial charge in [0.2, 0.25) is 0 Å². The first-order valence-electron chi connectivity index (χ1n) is 20.0. The molecule has 0 aliphatic heterocycles. The summed E-state index contributed by atoms with van der Waals surface area (Å²) in [4.78, 5) is 0. The molecule has 0 saturated carbocycles. The fourth-order valence-electron chi connectivity index (χ4n) is 6.03. The molecule has 0 unspecified atom stereocenters. The number of unbranched alkanes of at least 4 members (excludes halogenated alkanes) is 24. The van der Waals surface area contributed by atoms with Crippen LogP contribution in [-0.4, -0.2) is 30.0 Å². The minimum atomic E-state index is -0.125. The maximum absolute atomic E-state index is 7.62. The highest BCUT2D eigenvalue weighted by Crippen LogP contribution is 2.22. The minimum Gasteiger partial charge on any atom is -0.394 e. The van der Waals surface area contributed by atoms with E-state index in [9.17, 15) is 0 Å². The summed E-state index contributed by atoms with van der Waals surface area (Å²) in [5, 5.41) is 15.2. The van der Waals surface area contributed by atoms with E-state index in [2.05, 4.69) is 38.2 Å². The van der Waals surface area contributed by atoms with Crippen LogP contribution in [0.2, 0.25) is 0 Å². The molecule has 0 radical (unpaired) electrons. The molecule has 264 valence electrons. The quantitative estimate of drug-likeness (QED) is 0.0487. The second kappa shape index (κ2) is 44.5. The topological polar surface area (TPSA) is 66.5 Å². The molecule has 0 bridgehead atoms. The van der Waals surface area contributed by atoms with Crippen LogP contribution in [0.15, 0.2) is 24.3 Å². The maximum Gasteiger partial charge on any atom is 0.0662 e. The molecule has 0 saturated heterocycles. The smallest absolute Gasteiger partial charge is 0.0662 e. The molecule has 0 aromatic carbocycles. The van der Waals surface area contributed by atoms with E-state index in [0.29, 0.717) is 0 Å². The predicted octanol–water partition coefficient (Wildman–Crippen LogP) is 12.8. The van der Waals surface area contributed by atoms with Crippen molar-refractivity contribution >= 4 is 0 Å². The Bertz CT molecular complexity index is 489. The Balaban J connectivity index is 0. The summed E-state index contributed by atoms with van der Waals surface area (Å²) in [6.45, 7) is 5.22. The number of hydrogen-bond acceptors (Lipinski definition) is 3. The SMILES string of the molecule is CCCCCCCC/C=C\CCCCCCCCC(CCN)CCCCCCCC/C=C\CCCCCCCC.OCCO. The number of aliphatic hydroxyl groups excluding tert-OH is 2. The number of hydrogen-bond donors (Lipinski definition) is 3. The Kier molecular flexibility index (Phi) is 46.0. The van der Waals surface area contributed by atoms with Gasteiger partial charge in [-0.05, 0) is 70.3 Å². The lowest BCUT2D eigenvalue weighted by Crippen LogP contribution is -2.09. The van der Waals surface area contributed by atoms with Crippen molar-refractivity contribution < 1.29 is 10.2 Å². The summed E-state index contributed by atoms with van der Waals surface area (Å²) in [6.07, 6.45) is 53.0. The summed E-state index contributed by atoms with van der Waals surface area (Å²) in [5.74, 6) is 0.888. The molecule has 0 aromatic rings. The molecule has 0 heterocycles. The van der Waals surface area contributed by atoms with E-state index in [1.165, 1.54) is 199 Å². The van der Waals surface area contributed by atoms with Crippen LogP contribution in [0.25, 0.3) is 0 Å². The first-order valence-corrected chi connectivity index (χ1v) is 20.0. The fraction of sp³-hybridized carbons (Fsp3) is 0.902. The zero-order valence-corrected chi connectivity index (χ0v) is 30.4. The van der Waals surface area contributed by atoms with Crippen LogP contribution >= 0.6 is 0 Å². The first kappa shape index (κ1) is 45.5. The van der Waals surface area contributed by atoms with Gasteiger partial charge in [0, 0.05) is 0 Å². The average molecular weight is 622 g/mol. The molecule has 0 rings (SSSR count). The highest BCUT2D eigenvalue weighted by molar-refractivity contribution is 4.82. The van der Waals surface area contributed by atoms with Gasteiger partial charge in [-0.15, -0.1) is 0 Å². The average Bonchev–Trinajstić information content (AvgIpc) is 3.04. The van der Waals surface area contributed by atoms with Gasteiger partial charge in [-0.3, -0.25) is 0 Å². The van der Waals surface area contributed by atoms with Crippen molar-refractivity contribution in [1.82, 2.24) is 0 Å². The Hall–Kier alpha value is -0.640. The van der Waals surface area contributed by atoms with E-state index in [0.717, 1.165) is 12.5 Å².